The molecule has 0 spiro atoms. The third kappa shape index (κ3) is 3.04. The van der Waals surface area contributed by atoms with Crippen molar-refractivity contribution in [2.24, 2.45) is 5.41 Å². The van der Waals surface area contributed by atoms with Gasteiger partial charge in [-0.25, -0.2) is 0 Å². The van der Waals surface area contributed by atoms with Gasteiger partial charge < -0.3 is 19.3 Å². The first-order chi connectivity index (χ1) is 15.4. The minimum absolute atomic E-state index is 0.0813. The van der Waals surface area contributed by atoms with E-state index in [1.54, 1.807) is 14.2 Å². The van der Waals surface area contributed by atoms with E-state index in [1.807, 2.05) is 25.1 Å². The van der Waals surface area contributed by atoms with E-state index in [9.17, 15) is 4.79 Å². The molecular formula is C25H34N4O3. The Balaban J connectivity index is 1.52. The summed E-state index contributed by atoms with van der Waals surface area (Å²) in [4.78, 5) is 18.7. The smallest absolute Gasteiger partial charge is 0.272 e. The van der Waals surface area contributed by atoms with E-state index in [-0.39, 0.29) is 23.4 Å². The highest BCUT2D eigenvalue weighted by molar-refractivity contribution is 5.96. The summed E-state index contributed by atoms with van der Waals surface area (Å²) in [5.74, 6) is 1.51. The number of hydrogen-bond donors (Lipinski definition) is 1. The molecule has 7 heteroatoms. The fraction of sp³-hybridized carbons (Fsp3) is 0.600. The second kappa shape index (κ2) is 7.80. The van der Waals surface area contributed by atoms with Crippen LogP contribution in [-0.2, 0) is 0 Å². The lowest BCUT2D eigenvalue weighted by Gasteiger charge is -2.44. The molecule has 1 saturated carbocycles. The number of ether oxygens (including phenoxy) is 2. The molecule has 2 aromatic rings. The number of methoxy groups -OCH3 is 2. The minimum Gasteiger partial charge on any atom is -0.497 e. The molecule has 4 atom stereocenters. The van der Waals surface area contributed by atoms with Gasteiger partial charge in [-0.1, -0.05) is 19.8 Å². The number of benzene rings is 1. The molecule has 1 aromatic heterocycles. The first-order valence-corrected chi connectivity index (χ1v) is 11.7. The zero-order valence-electron chi connectivity index (χ0n) is 19.8. The molecule has 1 aromatic carbocycles. The maximum atomic E-state index is 14.0. The van der Waals surface area contributed by atoms with Crippen molar-refractivity contribution in [2.75, 3.05) is 27.8 Å². The average Bonchev–Trinajstić information content (AvgIpc) is 3.21. The lowest BCUT2D eigenvalue weighted by molar-refractivity contribution is 0.0576. The van der Waals surface area contributed by atoms with Gasteiger partial charge >= 0.3 is 0 Å². The second-order valence-corrected chi connectivity index (χ2v) is 9.97. The Bertz CT molecular complexity index is 1030. The summed E-state index contributed by atoms with van der Waals surface area (Å²) < 4.78 is 11.0. The number of rotatable bonds is 4. The van der Waals surface area contributed by atoms with Crippen LogP contribution in [0.3, 0.4) is 0 Å². The Kier molecular flexibility index (Phi) is 5.19. The zero-order valence-corrected chi connectivity index (χ0v) is 19.8. The number of H-pyrrole nitrogens is 1. The molecule has 1 amide bonds. The Morgan fingerprint density at radius 2 is 1.94 bits per heavy atom. The number of nitrogens with one attached hydrogen (secondary N) is 1. The van der Waals surface area contributed by atoms with Crippen LogP contribution in [0.15, 0.2) is 18.2 Å². The molecule has 32 heavy (non-hydrogen) atoms. The van der Waals surface area contributed by atoms with Crippen LogP contribution in [-0.4, -0.2) is 71.8 Å². The van der Waals surface area contributed by atoms with Gasteiger partial charge in [0.15, 0.2) is 0 Å². The number of likely N-dealkylation sites (tertiary alicyclic amines) is 2. The quantitative estimate of drug-likeness (QED) is 0.785. The molecule has 3 aliphatic rings. The minimum atomic E-state index is 0.0813. The SMILES string of the molecule is COc1ccc(OC)c(-c2n[nH]c(C(=O)N3[C@@H]4CN(C)[C@@H]5CCCC[C@H]3[C@]5(C)C4)c2C)c1. The summed E-state index contributed by atoms with van der Waals surface area (Å²) in [6.45, 7) is 5.33. The van der Waals surface area contributed by atoms with Gasteiger partial charge in [-0.15, -0.1) is 0 Å². The summed E-state index contributed by atoms with van der Waals surface area (Å²) in [6, 6.07) is 6.74. The van der Waals surface area contributed by atoms with E-state index in [0.29, 0.717) is 17.5 Å². The van der Waals surface area contributed by atoms with E-state index >= 15 is 0 Å². The second-order valence-electron chi connectivity index (χ2n) is 9.97. The first-order valence-electron chi connectivity index (χ1n) is 11.7. The van der Waals surface area contributed by atoms with Crippen molar-refractivity contribution in [3.05, 3.63) is 29.5 Å². The summed E-state index contributed by atoms with van der Waals surface area (Å²) in [5, 5.41) is 7.64. The predicted molar refractivity (Wildman–Crippen MR) is 123 cm³/mol. The average molecular weight is 439 g/mol. The van der Waals surface area contributed by atoms with Gasteiger partial charge in [0, 0.05) is 41.2 Å². The van der Waals surface area contributed by atoms with Crippen LogP contribution in [0, 0.1) is 12.3 Å². The van der Waals surface area contributed by atoms with Gasteiger partial charge in [-0.3, -0.25) is 9.89 Å². The van der Waals surface area contributed by atoms with Crippen LogP contribution in [0.4, 0.5) is 0 Å². The van der Waals surface area contributed by atoms with Gasteiger partial charge in [-0.2, -0.15) is 5.10 Å². The van der Waals surface area contributed by atoms with Crippen LogP contribution in [0.5, 0.6) is 11.5 Å². The fourth-order valence-corrected chi connectivity index (χ4v) is 6.79. The Morgan fingerprint density at radius 3 is 2.66 bits per heavy atom. The van der Waals surface area contributed by atoms with Crippen LogP contribution >= 0.6 is 0 Å². The lowest BCUT2D eigenvalue weighted by atomic mass is 9.71. The Morgan fingerprint density at radius 1 is 1.19 bits per heavy atom. The van der Waals surface area contributed by atoms with E-state index in [4.69, 9.17) is 9.47 Å². The molecular weight excluding hydrogens is 404 g/mol. The molecule has 3 fully saturated rings. The molecule has 2 aliphatic heterocycles. The van der Waals surface area contributed by atoms with E-state index in [1.165, 1.54) is 19.3 Å². The van der Waals surface area contributed by atoms with Crippen molar-refractivity contribution in [3.8, 4) is 22.8 Å². The van der Waals surface area contributed by atoms with Gasteiger partial charge in [0.25, 0.3) is 5.91 Å². The topological polar surface area (TPSA) is 70.7 Å². The third-order valence-electron chi connectivity index (χ3n) is 8.28. The van der Waals surface area contributed by atoms with Crippen LogP contribution in [0.1, 0.15) is 55.1 Å². The molecule has 2 bridgehead atoms. The first kappa shape index (κ1) is 21.3. The van der Waals surface area contributed by atoms with Crippen molar-refractivity contribution in [1.82, 2.24) is 20.0 Å². The summed E-state index contributed by atoms with van der Waals surface area (Å²) in [5.41, 5.74) is 3.15. The highest BCUT2D eigenvalue weighted by Crippen LogP contribution is 2.53. The molecule has 1 N–H and O–H groups in total. The van der Waals surface area contributed by atoms with Crippen molar-refractivity contribution in [2.45, 2.75) is 64.1 Å². The molecule has 1 aliphatic carbocycles. The maximum absolute atomic E-state index is 14.0. The molecule has 7 nitrogen and oxygen atoms in total. The highest BCUT2D eigenvalue weighted by Gasteiger charge is 2.59. The zero-order chi connectivity index (χ0) is 22.6. The normalized spacial score (nSPS) is 29.7. The number of nitrogens with zero attached hydrogens (tertiary/aromatic N) is 3. The molecule has 0 radical (unpaired) electrons. The van der Waals surface area contributed by atoms with Crippen molar-refractivity contribution >= 4 is 5.91 Å². The number of aromatic amines is 1. The third-order valence-corrected chi connectivity index (χ3v) is 8.28. The largest absolute Gasteiger partial charge is 0.497 e. The van der Waals surface area contributed by atoms with Crippen LogP contribution < -0.4 is 9.47 Å². The lowest BCUT2D eigenvalue weighted by Crippen LogP contribution is -2.51. The molecule has 172 valence electrons. The highest BCUT2D eigenvalue weighted by atomic mass is 16.5. The van der Waals surface area contributed by atoms with E-state index in [2.05, 4.69) is 34.0 Å². The Hall–Kier alpha value is -2.54. The summed E-state index contributed by atoms with van der Waals surface area (Å²) >= 11 is 0. The van der Waals surface area contributed by atoms with Gasteiger partial charge in [-0.05, 0) is 51.4 Å². The standard InChI is InChI=1S/C25H34N4O3/c1-15-22(18-12-17(31-4)10-11-19(18)32-5)26-27-23(15)24(30)29-16-13-25(2)20(28(3)14-16)8-6-7-9-21(25)29/h10-12,16,20-21H,6-9,13-14H2,1-5H3,(H,26,27)/t16-,20+,21-,25+/m0/s1. The number of aromatic nitrogens is 2. The number of carbonyl (C=O) groups excluding carboxylic acids is 1. The number of piperidine rings is 1. The van der Waals surface area contributed by atoms with Gasteiger partial charge in [0.2, 0.25) is 0 Å². The van der Waals surface area contributed by atoms with Crippen molar-refractivity contribution in [3.63, 3.8) is 0 Å². The molecule has 2 saturated heterocycles. The van der Waals surface area contributed by atoms with Gasteiger partial charge in [0.1, 0.15) is 17.2 Å². The number of fused-ring (bicyclic) bond motifs is 1. The molecule has 3 heterocycles. The molecule has 5 rings (SSSR count). The predicted octanol–water partition coefficient (Wildman–Crippen LogP) is 3.88. The summed E-state index contributed by atoms with van der Waals surface area (Å²) in [7, 11) is 5.52. The summed E-state index contributed by atoms with van der Waals surface area (Å²) in [6.07, 6.45) is 5.86. The Labute approximate surface area is 190 Å². The van der Waals surface area contributed by atoms with E-state index in [0.717, 1.165) is 42.0 Å². The number of likely N-dealkylation sites (N-methyl/N-ethyl adjacent to an activating group) is 1. The van der Waals surface area contributed by atoms with Crippen molar-refractivity contribution in [1.29, 1.82) is 0 Å². The maximum Gasteiger partial charge on any atom is 0.272 e. The van der Waals surface area contributed by atoms with E-state index < -0.39 is 0 Å². The fourth-order valence-electron chi connectivity index (χ4n) is 6.79. The number of hydrogen-bond acceptors (Lipinski definition) is 5. The van der Waals surface area contributed by atoms with Crippen molar-refractivity contribution < 1.29 is 14.3 Å². The number of amides is 1. The van der Waals surface area contributed by atoms with Gasteiger partial charge in [0.05, 0.1) is 19.9 Å². The molecule has 0 unspecified atom stereocenters. The monoisotopic (exact) mass is 438 g/mol. The number of carbonyl (C=O) groups is 1. The van der Waals surface area contributed by atoms with Crippen LogP contribution in [0.25, 0.3) is 11.3 Å². The van der Waals surface area contributed by atoms with Crippen LogP contribution in [0.2, 0.25) is 0 Å².